The van der Waals surface area contributed by atoms with Crippen LogP contribution in [0.3, 0.4) is 0 Å². The largest absolute Gasteiger partial charge is 0.456 e. The molecule has 2 amide bonds. The number of hydrogen-bond donors (Lipinski definition) is 5. The summed E-state index contributed by atoms with van der Waals surface area (Å²) >= 11 is 0. The van der Waals surface area contributed by atoms with Gasteiger partial charge in [0, 0.05) is 31.5 Å². The van der Waals surface area contributed by atoms with Gasteiger partial charge in [0.15, 0.2) is 11.9 Å². The topological polar surface area (TPSA) is 204 Å². The van der Waals surface area contributed by atoms with Crippen LogP contribution < -0.4 is 22.3 Å². The van der Waals surface area contributed by atoms with Crippen molar-refractivity contribution in [1.29, 1.82) is 0 Å². The standard InChI is InChI=1S/C28H36N4O10/c1-3-4-5-6-15-7-9-16(10-8-15)30-26(37)19-13-17(33)22(35)27(40-19)42-24(25(29)36)23-18(39-2)14-21(41-23)32-12-11-20(34)31-28(32)38/h7-13,17-18,21-24,27,33,35H,3-6,14H2,1-2H3,(H2,29,36)(H,30,37)(H,31,34,38)/t17-,18-,21+,22-,23-,24?,27+/m0/s1. The zero-order valence-corrected chi connectivity index (χ0v) is 23.3. The fourth-order valence-corrected chi connectivity index (χ4v) is 4.85. The van der Waals surface area contributed by atoms with Crippen LogP contribution in [-0.2, 0) is 35.0 Å². The number of aliphatic hydroxyl groups is 2. The van der Waals surface area contributed by atoms with Crippen molar-refractivity contribution in [2.75, 3.05) is 12.4 Å². The normalized spacial score (nSPS) is 26.2. The number of H-pyrrole nitrogens is 1. The molecule has 2 aliphatic rings. The predicted octanol–water partition coefficient (Wildman–Crippen LogP) is 0.0430. The van der Waals surface area contributed by atoms with Crippen molar-refractivity contribution in [3.8, 4) is 0 Å². The number of ether oxygens (including phenoxy) is 4. The van der Waals surface area contributed by atoms with Crippen molar-refractivity contribution >= 4 is 17.5 Å². The number of methoxy groups -OCH3 is 1. The Morgan fingerprint density at radius 3 is 2.57 bits per heavy atom. The number of aromatic nitrogens is 2. The van der Waals surface area contributed by atoms with Gasteiger partial charge >= 0.3 is 5.69 Å². The lowest BCUT2D eigenvalue weighted by molar-refractivity contribution is -0.241. The maximum atomic E-state index is 12.9. The van der Waals surface area contributed by atoms with Gasteiger partial charge in [-0.3, -0.25) is 23.9 Å². The Kier molecular flexibility index (Phi) is 10.3. The molecule has 14 nitrogen and oxygen atoms in total. The van der Waals surface area contributed by atoms with Gasteiger partial charge in [-0.2, -0.15) is 0 Å². The van der Waals surface area contributed by atoms with Crippen LogP contribution in [0.15, 0.2) is 58.0 Å². The molecular formula is C28H36N4O10. The quantitative estimate of drug-likeness (QED) is 0.211. The van der Waals surface area contributed by atoms with E-state index in [0.29, 0.717) is 5.69 Å². The van der Waals surface area contributed by atoms with Gasteiger partial charge < -0.3 is 40.2 Å². The third-order valence-electron chi connectivity index (χ3n) is 7.14. The molecule has 0 radical (unpaired) electrons. The van der Waals surface area contributed by atoms with Crippen LogP contribution in [0.1, 0.15) is 44.4 Å². The summed E-state index contributed by atoms with van der Waals surface area (Å²) in [6.07, 6.45) is -2.88. The van der Waals surface area contributed by atoms with Crippen LogP contribution in [0.2, 0.25) is 0 Å². The van der Waals surface area contributed by atoms with Crippen LogP contribution in [0, 0.1) is 0 Å². The number of aromatic amines is 1. The molecule has 0 aliphatic carbocycles. The first kappa shape index (κ1) is 31.1. The fraction of sp³-hybridized carbons (Fsp3) is 0.500. The first-order chi connectivity index (χ1) is 20.1. The van der Waals surface area contributed by atoms with E-state index in [4.69, 9.17) is 24.7 Å². The molecule has 2 aliphatic heterocycles. The molecule has 1 saturated heterocycles. The summed E-state index contributed by atoms with van der Waals surface area (Å²) in [5, 5.41) is 23.6. The highest BCUT2D eigenvalue weighted by Crippen LogP contribution is 2.33. The maximum absolute atomic E-state index is 12.9. The number of hydrogen-bond acceptors (Lipinski definition) is 10. The molecule has 1 unspecified atom stereocenters. The predicted molar refractivity (Wildman–Crippen MR) is 148 cm³/mol. The molecule has 7 atom stereocenters. The van der Waals surface area contributed by atoms with E-state index in [-0.39, 0.29) is 12.2 Å². The summed E-state index contributed by atoms with van der Waals surface area (Å²) in [6.45, 7) is 2.13. The minimum atomic E-state index is -1.69. The number of rotatable bonds is 12. The lowest BCUT2D eigenvalue weighted by Gasteiger charge is -2.35. The minimum absolute atomic E-state index is 0.0852. The third kappa shape index (κ3) is 7.33. The average molecular weight is 589 g/mol. The van der Waals surface area contributed by atoms with Gasteiger partial charge in [0.05, 0.1) is 6.10 Å². The summed E-state index contributed by atoms with van der Waals surface area (Å²) in [5.74, 6) is -2.07. The van der Waals surface area contributed by atoms with Crippen molar-refractivity contribution in [2.45, 2.75) is 82.1 Å². The number of carbonyl (C=O) groups is 2. The average Bonchev–Trinajstić information content (AvgIpc) is 3.38. The highest BCUT2D eigenvalue weighted by Gasteiger charge is 2.47. The number of aliphatic hydroxyl groups excluding tert-OH is 2. The van der Waals surface area contributed by atoms with Crippen molar-refractivity contribution in [3.63, 3.8) is 0 Å². The Morgan fingerprint density at radius 1 is 1.19 bits per heavy atom. The van der Waals surface area contributed by atoms with Gasteiger partial charge in [0.1, 0.15) is 24.5 Å². The number of anilines is 1. The number of nitrogens with one attached hydrogen (secondary N) is 2. The van der Waals surface area contributed by atoms with Crippen LogP contribution in [0.4, 0.5) is 5.69 Å². The van der Waals surface area contributed by atoms with Crippen LogP contribution in [-0.4, -0.2) is 75.5 Å². The summed E-state index contributed by atoms with van der Waals surface area (Å²) in [7, 11) is 1.36. The lowest BCUT2D eigenvalue weighted by atomic mass is 10.1. The summed E-state index contributed by atoms with van der Waals surface area (Å²) in [4.78, 5) is 51.3. The Balaban J connectivity index is 1.45. The molecule has 6 N–H and O–H groups in total. The Hall–Kier alpha value is -3.82. The molecule has 0 saturated carbocycles. The highest BCUT2D eigenvalue weighted by atomic mass is 16.7. The number of nitrogens with two attached hydrogens (primary N) is 1. The van der Waals surface area contributed by atoms with E-state index in [9.17, 15) is 29.4 Å². The molecule has 3 heterocycles. The smallest absolute Gasteiger partial charge is 0.330 e. The molecule has 42 heavy (non-hydrogen) atoms. The second kappa shape index (κ2) is 13.9. The van der Waals surface area contributed by atoms with E-state index < -0.39 is 66.1 Å². The second-order valence-electron chi connectivity index (χ2n) is 10.1. The Labute approximate surface area is 241 Å². The van der Waals surface area contributed by atoms with Gasteiger partial charge in [-0.25, -0.2) is 4.79 Å². The van der Waals surface area contributed by atoms with Crippen LogP contribution in [0.5, 0.6) is 0 Å². The van der Waals surface area contributed by atoms with E-state index >= 15 is 0 Å². The van der Waals surface area contributed by atoms with Gasteiger partial charge in [-0.15, -0.1) is 0 Å². The zero-order chi connectivity index (χ0) is 30.4. The monoisotopic (exact) mass is 588 g/mol. The number of carbonyl (C=O) groups excluding carboxylic acids is 2. The van der Waals surface area contributed by atoms with Crippen molar-refractivity contribution in [1.82, 2.24) is 9.55 Å². The van der Waals surface area contributed by atoms with Gasteiger partial charge in [0.25, 0.3) is 11.5 Å². The van der Waals surface area contributed by atoms with Crippen LogP contribution in [0.25, 0.3) is 0 Å². The molecule has 0 spiro atoms. The molecule has 1 fully saturated rings. The third-order valence-corrected chi connectivity index (χ3v) is 7.14. The van der Waals surface area contributed by atoms with E-state index in [1.165, 1.54) is 13.3 Å². The molecule has 14 heteroatoms. The van der Waals surface area contributed by atoms with E-state index in [1.807, 2.05) is 12.1 Å². The number of primary amides is 1. The van der Waals surface area contributed by atoms with Crippen molar-refractivity contribution in [2.24, 2.45) is 5.73 Å². The summed E-state index contributed by atoms with van der Waals surface area (Å²) < 4.78 is 23.7. The molecule has 4 rings (SSSR count). The van der Waals surface area contributed by atoms with E-state index in [2.05, 4.69) is 17.2 Å². The number of aryl methyl sites for hydroxylation is 1. The maximum Gasteiger partial charge on any atom is 0.330 e. The van der Waals surface area contributed by atoms with Gasteiger partial charge in [-0.1, -0.05) is 31.9 Å². The minimum Gasteiger partial charge on any atom is -0.456 e. The van der Waals surface area contributed by atoms with E-state index in [0.717, 1.165) is 48.0 Å². The molecule has 228 valence electrons. The Morgan fingerprint density at radius 2 is 1.93 bits per heavy atom. The lowest BCUT2D eigenvalue weighted by Crippen LogP contribution is -2.53. The molecular weight excluding hydrogens is 552 g/mol. The van der Waals surface area contributed by atoms with Crippen molar-refractivity contribution in [3.05, 3.63) is 74.8 Å². The van der Waals surface area contributed by atoms with Gasteiger partial charge in [-0.05, 0) is 36.6 Å². The number of unbranched alkanes of at least 4 members (excludes halogenated alkanes) is 2. The van der Waals surface area contributed by atoms with Gasteiger partial charge in [0.2, 0.25) is 12.2 Å². The summed E-state index contributed by atoms with van der Waals surface area (Å²) in [6, 6.07) is 8.45. The number of nitrogens with zero attached hydrogens (tertiary/aromatic N) is 1. The highest BCUT2D eigenvalue weighted by molar-refractivity contribution is 6.02. The Bertz CT molecular complexity index is 1390. The fourth-order valence-electron chi connectivity index (χ4n) is 4.85. The van der Waals surface area contributed by atoms with Crippen molar-refractivity contribution < 1.29 is 38.7 Å². The van der Waals surface area contributed by atoms with Crippen LogP contribution >= 0.6 is 0 Å². The molecule has 1 aromatic heterocycles. The SMILES string of the molecule is CCCCCc1ccc(NC(=O)C2=C[C@H](O)[C@H](O)[C@@H](OC(C(N)=O)[C@H]3O[C@@H](n4ccc(=O)[nH]c4=O)C[C@@H]3OC)O2)cc1. The first-order valence-electron chi connectivity index (χ1n) is 13.7. The van der Waals surface area contributed by atoms with E-state index in [1.54, 1.807) is 12.1 Å². The second-order valence-corrected chi connectivity index (χ2v) is 10.1. The first-order valence-corrected chi connectivity index (χ1v) is 13.7. The number of benzene rings is 1. The number of amides is 2. The zero-order valence-electron chi connectivity index (χ0n) is 23.3. The molecule has 1 aromatic carbocycles. The molecule has 0 bridgehead atoms. The summed E-state index contributed by atoms with van der Waals surface area (Å²) in [5.41, 5.74) is 5.89. The molecule has 2 aromatic rings.